The lowest BCUT2D eigenvalue weighted by Gasteiger charge is -2.12. The summed E-state index contributed by atoms with van der Waals surface area (Å²) in [7, 11) is 0. The maximum absolute atomic E-state index is 13.8. The van der Waals surface area contributed by atoms with Crippen LogP contribution in [0.2, 0.25) is 0 Å². The largest absolute Gasteiger partial charge is 0.484 e. The van der Waals surface area contributed by atoms with E-state index in [9.17, 15) is 18.8 Å². The number of thiophene rings is 1. The fourth-order valence-corrected chi connectivity index (χ4v) is 5.46. The predicted octanol–water partition coefficient (Wildman–Crippen LogP) is 6.12. The first-order valence-corrected chi connectivity index (χ1v) is 12.8. The van der Waals surface area contributed by atoms with Gasteiger partial charge in [0.25, 0.3) is 0 Å². The zero-order valence-corrected chi connectivity index (χ0v) is 20.8. The molecule has 4 aromatic rings. The maximum atomic E-state index is 13.8. The Morgan fingerprint density at radius 2 is 1.92 bits per heavy atom. The number of fused-ring (bicyclic) bond motifs is 1. The van der Waals surface area contributed by atoms with E-state index in [1.165, 1.54) is 23.5 Å². The second kappa shape index (κ2) is 10.1. The van der Waals surface area contributed by atoms with E-state index in [4.69, 9.17) is 9.15 Å². The molecule has 1 saturated heterocycles. The van der Waals surface area contributed by atoms with Gasteiger partial charge in [-0.25, -0.2) is 4.39 Å². The van der Waals surface area contributed by atoms with Gasteiger partial charge in [-0.3, -0.25) is 14.4 Å². The average Bonchev–Trinajstić information content (AvgIpc) is 3.52. The van der Waals surface area contributed by atoms with Gasteiger partial charge in [0.15, 0.2) is 11.5 Å². The van der Waals surface area contributed by atoms with E-state index in [2.05, 4.69) is 5.32 Å². The highest BCUT2D eigenvalue weighted by Gasteiger charge is 2.28. The third-order valence-corrected chi connectivity index (χ3v) is 7.64. The second-order valence-corrected chi connectivity index (χ2v) is 10.1. The molecule has 0 amide bonds. The molecule has 2 aromatic heterocycles. The number of Topliss-reactive ketones (excluding diaryl/α,β-unsaturated/α-hetero) is 1. The first kappa shape index (κ1) is 24.0. The minimum atomic E-state index is -0.525. The van der Waals surface area contributed by atoms with Crippen LogP contribution < -0.4 is 15.5 Å². The highest BCUT2D eigenvalue weighted by Crippen LogP contribution is 2.36. The van der Waals surface area contributed by atoms with E-state index in [0.29, 0.717) is 22.8 Å². The Kier molecular flexibility index (Phi) is 6.75. The monoisotopic (exact) mass is 521 g/mol. The van der Waals surface area contributed by atoms with Gasteiger partial charge >= 0.3 is 0 Å². The van der Waals surface area contributed by atoms with E-state index in [1.807, 2.05) is 48.7 Å². The van der Waals surface area contributed by atoms with Crippen LogP contribution in [0.5, 0.6) is 5.75 Å². The number of anilines is 1. The normalized spacial score (nSPS) is 14.9. The third kappa shape index (κ3) is 4.84. The third-order valence-electron chi connectivity index (χ3n) is 5.67. The summed E-state index contributed by atoms with van der Waals surface area (Å²) < 4.78 is 25.5. The Bertz CT molecular complexity index is 1560. The van der Waals surface area contributed by atoms with Gasteiger partial charge in [-0.15, -0.1) is 11.3 Å². The number of ether oxygens (including phenoxy) is 1. The summed E-state index contributed by atoms with van der Waals surface area (Å²) >= 11 is 2.42. The van der Waals surface area contributed by atoms with Gasteiger partial charge in [0.1, 0.15) is 18.0 Å². The van der Waals surface area contributed by atoms with Gasteiger partial charge in [0.05, 0.1) is 21.6 Å². The molecular formula is C27H20FNO5S2. The molecule has 0 aliphatic carbocycles. The summed E-state index contributed by atoms with van der Waals surface area (Å²) in [6, 6.07) is 15.0. The van der Waals surface area contributed by atoms with Gasteiger partial charge in [-0.05, 0) is 71.6 Å². The summed E-state index contributed by atoms with van der Waals surface area (Å²) in [5.41, 5.74) is 2.34. The molecule has 0 spiro atoms. The Labute approximate surface area is 213 Å². The molecule has 6 nitrogen and oxygen atoms in total. The molecule has 1 N–H and O–H groups in total. The number of nitrogens with one attached hydrogen (secondary N) is 1. The predicted molar refractivity (Wildman–Crippen MR) is 141 cm³/mol. The average molecular weight is 522 g/mol. The molecule has 3 heterocycles. The van der Waals surface area contributed by atoms with Crippen molar-refractivity contribution in [1.29, 1.82) is 0 Å². The lowest BCUT2D eigenvalue weighted by molar-refractivity contribution is -0.119. The molecule has 1 fully saturated rings. The van der Waals surface area contributed by atoms with E-state index in [1.54, 1.807) is 0 Å². The molecule has 2 aromatic carbocycles. The highest BCUT2D eigenvalue weighted by molar-refractivity contribution is 8.18. The molecule has 0 radical (unpaired) electrons. The number of carbonyl (C=O) groups is 2. The van der Waals surface area contributed by atoms with Crippen LogP contribution in [0, 0.1) is 5.82 Å². The number of allylic oxidation sites excluding steroid dienone is 2. The zero-order chi connectivity index (χ0) is 25.2. The molecule has 9 heteroatoms. The van der Waals surface area contributed by atoms with Gasteiger partial charge in [-0.1, -0.05) is 18.2 Å². The molecule has 0 saturated carbocycles. The number of carbonyl (C=O) groups excluding carboxylic acids is 2. The molecular weight excluding hydrogens is 501 g/mol. The Morgan fingerprint density at radius 3 is 2.61 bits per heavy atom. The number of benzene rings is 2. The first-order valence-electron chi connectivity index (χ1n) is 11.1. The SMILES string of the molecule is C/C(=C1/SC(=O)CC1=O)c1ccc(NCCOc2c(-c3cccs3)oc3ccc(F)cc3c2=O)cc1. The van der Waals surface area contributed by atoms with Gasteiger partial charge < -0.3 is 14.5 Å². The van der Waals surface area contributed by atoms with Gasteiger partial charge in [0.2, 0.25) is 16.3 Å². The Balaban J connectivity index is 1.29. The first-order chi connectivity index (χ1) is 17.4. The number of hydrogen-bond donors (Lipinski definition) is 1. The lowest BCUT2D eigenvalue weighted by atomic mass is 10.0. The minimum Gasteiger partial charge on any atom is -0.484 e. The molecule has 0 atom stereocenters. The number of rotatable bonds is 7. The van der Waals surface area contributed by atoms with E-state index < -0.39 is 11.2 Å². The van der Waals surface area contributed by atoms with Crippen LogP contribution in [-0.2, 0) is 9.59 Å². The summed E-state index contributed by atoms with van der Waals surface area (Å²) in [6.07, 6.45) is -0.0460. The quantitative estimate of drug-likeness (QED) is 0.178. The van der Waals surface area contributed by atoms with Crippen molar-refractivity contribution in [3.63, 3.8) is 0 Å². The summed E-state index contributed by atoms with van der Waals surface area (Å²) in [4.78, 5) is 37.9. The molecule has 182 valence electrons. The molecule has 36 heavy (non-hydrogen) atoms. The summed E-state index contributed by atoms with van der Waals surface area (Å²) in [5, 5.41) is 5.10. The van der Waals surface area contributed by atoms with Crippen LogP contribution in [0.1, 0.15) is 18.9 Å². The van der Waals surface area contributed by atoms with Crippen molar-refractivity contribution >= 4 is 56.2 Å². The van der Waals surface area contributed by atoms with Crippen LogP contribution in [0.25, 0.3) is 27.2 Å². The van der Waals surface area contributed by atoms with E-state index >= 15 is 0 Å². The minimum absolute atomic E-state index is 0.0447. The van der Waals surface area contributed by atoms with Crippen molar-refractivity contribution in [2.45, 2.75) is 13.3 Å². The van der Waals surface area contributed by atoms with E-state index in [-0.39, 0.29) is 35.1 Å². The molecule has 0 unspecified atom stereocenters. The van der Waals surface area contributed by atoms with Crippen LogP contribution in [-0.4, -0.2) is 24.1 Å². The smallest absolute Gasteiger partial charge is 0.235 e. The second-order valence-electron chi connectivity index (χ2n) is 8.09. The van der Waals surface area contributed by atoms with Crippen LogP contribution in [0.4, 0.5) is 10.1 Å². The molecule has 0 bridgehead atoms. The van der Waals surface area contributed by atoms with E-state index in [0.717, 1.165) is 39.5 Å². The Hall–Kier alpha value is -3.69. The summed E-state index contributed by atoms with van der Waals surface area (Å²) in [6.45, 7) is 2.40. The van der Waals surface area contributed by atoms with Crippen molar-refractivity contribution in [2.75, 3.05) is 18.5 Å². The fourth-order valence-electron chi connectivity index (χ4n) is 3.87. The summed E-state index contributed by atoms with van der Waals surface area (Å²) in [5.74, 6) is -0.296. The molecule has 5 rings (SSSR count). The van der Waals surface area contributed by atoms with Crippen molar-refractivity contribution in [1.82, 2.24) is 0 Å². The van der Waals surface area contributed by atoms with Crippen LogP contribution >= 0.6 is 23.1 Å². The highest BCUT2D eigenvalue weighted by atomic mass is 32.2. The maximum Gasteiger partial charge on any atom is 0.235 e. The number of halogens is 1. The number of thioether (sulfide) groups is 1. The Morgan fingerprint density at radius 1 is 1.11 bits per heavy atom. The molecule has 1 aliphatic rings. The van der Waals surface area contributed by atoms with Crippen LogP contribution in [0.15, 0.2) is 74.1 Å². The van der Waals surface area contributed by atoms with Crippen LogP contribution in [0.3, 0.4) is 0 Å². The topological polar surface area (TPSA) is 85.6 Å². The van der Waals surface area contributed by atoms with Crippen molar-refractivity contribution in [2.24, 2.45) is 0 Å². The zero-order valence-electron chi connectivity index (χ0n) is 19.1. The van der Waals surface area contributed by atoms with Crippen molar-refractivity contribution < 1.29 is 23.1 Å². The number of hydrogen-bond acceptors (Lipinski definition) is 8. The molecule has 1 aliphatic heterocycles. The van der Waals surface area contributed by atoms with Crippen molar-refractivity contribution in [3.05, 3.63) is 86.5 Å². The number of ketones is 1. The fraction of sp³-hybridized carbons (Fsp3) is 0.148. The van der Waals surface area contributed by atoms with Crippen molar-refractivity contribution in [3.8, 4) is 16.4 Å². The van der Waals surface area contributed by atoms with Gasteiger partial charge in [-0.2, -0.15) is 0 Å². The lowest BCUT2D eigenvalue weighted by Crippen LogP contribution is -2.16. The van der Waals surface area contributed by atoms with Gasteiger partial charge in [0, 0.05) is 12.2 Å². The standard InChI is InChI=1S/C27H20FNO5S2/c1-15(27-20(30)14-23(31)36-27)16-4-7-18(8-5-16)29-10-11-33-26-24(32)19-13-17(28)6-9-21(19)34-25(26)22-3-2-12-35-22/h2-9,12-13,29H,10-11,14H2,1H3/b27-15-.